The number of benzene rings is 2. The Morgan fingerprint density at radius 3 is 1.44 bits per heavy atom. The second-order valence-electron chi connectivity index (χ2n) is 23.7. The first-order chi connectivity index (χ1) is 30.0. The van der Waals surface area contributed by atoms with E-state index in [-0.39, 0.29) is 63.3 Å². The van der Waals surface area contributed by atoms with Crippen molar-refractivity contribution in [2.24, 2.45) is 0 Å². The molecule has 0 bridgehead atoms. The van der Waals surface area contributed by atoms with Gasteiger partial charge >= 0.3 is 6.01 Å². The van der Waals surface area contributed by atoms with Gasteiger partial charge in [-0.2, -0.15) is 9.97 Å². The summed E-state index contributed by atoms with van der Waals surface area (Å²) in [5.41, 5.74) is 1.89. The summed E-state index contributed by atoms with van der Waals surface area (Å²) in [5, 5.41) is 5.86. The topological polar surface area (TPSA) is 139 Å². The van der Waals surface area contributed by atoms with Gasteiger partial charge in [0.05, 0.1) is 24.9 Å². The first kappa shape index (κ1) is 57.1. The van der Waals surface area contributed by atoms with Gasteiger partial charge in [-0.3, -0.25) is 9.59 Å². The Morgan fingerprint density at radius 1 is 0.576 bits per heavy atom. The van der Waals surface area contributed by atoms with E-state index in [0.29, 0.717) is 6.61 Å². The van der Waals surface area contributed by atoms with Crippen molar-refractivity contribution in [1.29, 1.82) is 0 Å². The van der Waals surface area contributed by atoms with Crippen molar-refractivity contribution in [1.82, 2.24) is 9.97 Å². The highest BCUT2D eigenvalue weighted by Crippen LogP contribution is 2.45. The van der Waals surface area contributed by atoms with E-state index in [9.17, 15) is 9.59 Å². The maximum Gasteiger partial charge on any atom is 0.322 e. The molecule has 2 aromatic carbocycles. The molecular formula is C50H86N4O8Si4. The molecular weight excluding hydrogens is 897 g/mol. The van der Waals surface area contributed by atoms with Crippen LogP contribution in [0.5, 0.6) is 11.9 Å². The van der Waals surface area contributed by atoms with Gasteiger partial charge in [-0.15, -0.1) is 0 Å². The second-order valence-corrected chi connectivity index (χ2v) is 42.8. The van der Waals surface area contributed by atoms with E-state index in [4.69, 9.17) is 32.2 Å². The first-order valence-electron chi connectivity index (χ1n) is 23.5. The summed E-state index contributed by atoms with van der Waals surface area (Å²) in [7, 11) is -9.91. The fourth-order valence-electron chi connectivity index (χ4n) is 5.62. The molecule has 1 amide bonds. The minimum absolute atomic E-state index is 0.0167. The Bertz CT molecular complexity index is 2040. The highest BCUT2D eigenvalue weighted by atomic mass is 28.4. The lowest BCUT2D eigenvalue weighted by Gasteiger charge is -2.49. The first-order valence-corrected chi connectivity index (χ1v) is 35.1. The number of carbonyl (C=O) groups is 2. The van der Waals surface area contributed by atoms with Crippen LogP contribution in [0.25, 0.3) is 0 Å². The Hall–Kier alpha value is -3.23. The van der Waals surface area contributed by atoms with E-state index < -0.39 is 63.3 Å². The minimum Gasteiger partial charge on any atom is -0.471 e. The third-order valence-electron chi connectivity index (χ3n) is 14.2. The van der Waals surface area contributed by atoms with Crippen LogP contribution in [0.1, 0.15) is 101 Å². The number of ketones is 1. The lowest BCUT2D eigenvalue weighted by molar-refractivity contribution is -0.133. The van der Waals surface area contributed by atoms with Gasteiger partial charge in [0.1, 0.15) is 18.9 Å². The van der Waals surface area contributed by atoms with Crippen LogP contribution < -0.4 is 20.1 Å². The predicted octanol–water partition coefficient (Wildman–Crippen LogP) is 12.8. The molecule has 0 fully saturated rings. The van der Waals surface area contributed by atoms with Gasteiger partial charge in [-0.25, -0.2) is 0 Å². The van der Waals surface area contributed by atoms with Crippen molar-refractivity contribution in [3.8, 4) is 11.9 Å². The highest BCUT2D eigenvalue weighted by molar-refractivity contribution is 6.75. The van der Waals surface area contributed by atoms with E-state index in [0.717, 1.165) is 11.1 Å². The summed E-state index contributed by atoms with van der Waals surface area (Å²) in [5.74, 6) is -1.30. The number of amides is 1. The van der Waals surface area contributed by atoms with Gasteiger partial charge in [0.2, 0.25) is 11.7 Å². The number of ether oxygens (including phenoxy) is 2. The normalized spacial score (nSPS) is 14.9. The standard InChI is InChI=1S/C50H86N4O8Si4/c1-36(55)44(56)52-41-43(53-46(58-34-38-30-26-23-27-31-38)54-45(41)57-33-37-28-24-22-25-29-37)51-32-39(60-64(16,17)48(5,6)7)42(62-66(20,21)50(11,12)13)40(61-65(18,19)49(8,9)10)35-59-63(14,15)47(2,3)4/h22-31,39-40,42H,32-35H2,1-21H3,(H,52,56)(H,51,53,54)/t39-,40+,42-/m0/s1. The number of anilines is 2. The van der Waals surface area contributed by atoms with Gasteiger partial charge < -0.3 is 37.8 Å². The van der Waals surface area contributed by atoms with Gasteiger partial charge in [0.25, 0.3) is 5.91 Å². The zero-order valence-corrected chi connectivity index (χ0v) is 48.5. The number of hydrogen-bond acceptors (Lipinski definition) is 11. The highest BCUT2D eigenvalue weighted by Gasteiger charge is 2.50. The molecule has 16 heteroatoms. The molecule has 3 aromatic rings. The van der Waals surface area contributed by atoms with Gasteiger partial charge in [-0.1, -0.05) is 144 Å². The van der Waals surface area contributed by atoms with Crippen molar-refractivity contribution >= 4 is 56.5 Å². The largest absolute Gasteiger partial charge is 0.471 e. The molecule has 0 aliphatic rings. The number of carbonyl (C=O) groups excluding carboxylic acids is 2. The van der Waals surface area contributed by atoms with E-state index in [1.165, 1.54) is 6.92 Å². The Labute approximate surface area is 403 Å². The number of hydrogen-bond donors (Lipinski definition) is 2. The van der Waals surface area contributed by atoms with Crippen LogP contribution in [0.15, 0.2) is 60.7 Å². The SMILES string of the molecule is CC(=O)C(=O)Nc1c(NC[C@H](O[Si](C)(C)C(C)(C)C)[C@H](O[Si](C)(C)C(C)(C)C)[C@@H](CO[Si](C)(C)C(C)(C)C)O[Si](C)(C)C(C)(C)C)nc(OCc2ccccc2)nc1OCc1ccccc1. The van der Waals surface area contributed by atoms with Crippen molar-refractivity contribution in [2.75, 3.05) is 23.8 Å². The molecule has 0 radical (unpaired) electrons. The lowest BCUT2D eigenvalue weighted by Crippen LogP contribution is -2.61. The Kier molecular flexibility index (Phi) is 19.0. The molecule has 370 valence electrons. The van der Waals surface area contributed by atoms with Gasteiger partial charge in [0, 0.05) is 13.5 Å². The van der Waals surface area contributed by atoms with Crippen molar-refractivity contribution < 1.29 is 36.8 Å². The molecule has 0 saturated carbocycles. The molecule has 12 nitrogen and oxygen atoms in total. The molecule has 3 atom stereocenters. The van der Waals surface area contributed by atoms with Crippen LogP contribution >= 0.6 is 0 Å². The molecule has 0 spiro atoms. The molecule has 0 saturated heterocycles. The average Bonchev–Trinajstić information content (AvgIpc) is 3.18. The smallest absolute Gasteiger partial charge is 0.322 e. The van der Waals surface area contributed by atoms with Gasteiger partial charge in [0.15, 0.2) is 39.1 Å². The maximum absolute atomic E-state index is 13.3. The minimum atomic E-state index is -2.58. The average molecular weight is 984 g/mol. The van der Waals surface area contributed by atoms with Crippen LogP contribution in [-0.2, 0) is 40.5 Å². The quantitative estimate of drug-likeness (QED) is 0.0734. The van der Waals surface area contributed by atoms with Crippen LogP contribution in [0.3, 0.4) is 0 Å². The number of aromatic nitrogens is 2. The summed E-state index contributed by atoms with van der Waals surface area (Å²) < 4.78 is 42.5. The zero-order valence-electron chi connectivity index (χ0n) is 44.5. The summed E-state index contributed by atoms with van der Waals surface area (Å²) in [6, 6.07) is 19.4. The predicted molar refractivity (Wildman–Crippen MR) is 281 cm³/mol. The number of nitrogens with one attached hydrogen (secondary N) is 2. The third-order valence-corrected chi connectivity index (χ3v) is 32.2. The molecule has 0 aliphatic carbocycles. The molecule has 0 aliphatic heterocycles. The van der Waals surface area contributed by atoms with E-state index in [2.05, 4.69) is 151 Å². The van der Waals surface area contributed by atoms with Crippen LogP contribution in [0, 0.1) is 0 Å². The van der Waals surface area contributed by atoms with Crippen LogP contribution in [0.4, 0.5) is 11.5 Å². The maximum atomic E-state index is 13.3. The summed E-state index contributed by atoms with van der Waals surface area (Å²) in [6.07, 6.45) is -1.74. The molecule has 1 aromatic heterocycles. The lowest BCUT2D eigenvalue weighted by atomic mass is 10.1. The Morgan fingerprint density at radius 2 is 1.00 bits per heavy atom. The van der Waals surface area contributed by atoms with Crippen molar-refractivity contribution in [3.05, 3.63) is 71.8 Å². The molecule has 3 rings (SSSR count). The number of Topliss-reactive ketones (excluding diaryl/α,β-unsaturated/α-hetero) is 1. The summed E-state index contributed by atoms with van der Waals surface area (Å²) >= 11 is 0. The Balaban J connectivity index is 2.38. The molecule has 0 unspecified atom stereocenters. The fraction of sp³-hybridized carbons (Fsp3) is 0.640. The molecule has 1 heterocycles. The van der Waals surface area contributed by atoms with Crippen LogP contribution in [0.2, 0.25) is 72.5 Å². The summed E-state index contributed by atoms with van der Waals surface area (Å²) in [6.45, 7) is 47.0. The second kappa shape index (κ2) is 22.0. The van der Waals surface area contributed by atoms with E-state index in [1.54, 1.807) is 0 Å². The van der Waals surface area contributed by atoms with Crippen LogP contribution in [-0.4, -0.2) is 86.4 Å². The fourth-order valence-corrected chi connectivity index (χ4v) is 10.6. The summed E-state index contributed by atoms with van der Waals surface area (Å²) in [4.78, 5) is 35.4. The van der Waals surface area contributed by atoms with Crippen molar-refractivity contribution in [2.45, 2.75) is 194 Å². The monoisotopic (exact) mass is 983 g/mol. The van der Waals surface area contributed by atoms with E-state index >= 15 is 0 Å². The van der Waals surface area contributed by atoms with Crippen molar-refractivity contribution in [3.63, 3.8) is 0 Å². The number of rotatable bonds is 22. The zero-order chi connectivity index (χ0) is 50.3. The third kappa shape index (κ3) is 15.9. The number of nitrogens with zero attached hydrogens (tertiary/aromatic N) is 2. The van der Waals surface area contributed by atoms with E-state index in [1.807, 2.05) is 60.7 Å². The molecule has 2 N–H and O–H groups in total. The molecule has 66 heavy (non-hydrogen) atoms. The van der Waals surface area contributed by atoms with Gasteiger partial charge in [-0.05, 0) is 83.7 Å².